The first-order valence-electron chi connectivity index (χ1n) is 4.26. The van der Waals surface area contributed by atoms with E-state index in [0.29, 0.717) is 5.92 Å². The third-order valence-electron chi connectivity index (χ3n) is 2.20. The van der Waals surface area contributed by atoms with Crippen LogP contribution >= 0.6 is 21.6 Å². The molecule has 0 aliphatic carbocycles. The van der Waals surface area contributed by atoms with Crippen LogP contribution in [0.25, 0.3) is 0 Å². The zero-order valence-corrected chi connectivity index (χ0v) is 8.88. The molecule has 1 rings (SSSR count). The van der Waals surface area contributed by atoms with Gasteiger partial charge in [-0.15, -0.1) is 0 Å². The van der Waals surface area contributed by atoms with Crippen molar-refractivity contribution >= 4 is 21.6 Å². The van der Waals surface area contributed by atoms with Crippen molar-refractivity contribution in [2.45, 2.75) is 37.2 Å². The van der Waals surface area contributed by atoms with Gasteiger partial charge in [0.15, 0.2) is 0 Å². The molecule has 0 aromatic rings. The lowest BCUT2D eigenvalue weighted by atomic mass is 10.0. The molecule has 0 spiro atoms. The Balaban J connectivity index is 2.02. The van der Waals surface area contributed by atoms with E-state index < -0.39 is 0 Å². The predicted octanol–water partition coefficient (Wildman–Crippen LogP) is 2.51. The molecule has 0 bridgehead atoms. The van der Waals surface area contributed by atoms with Gasteiger partial charge < -0.3 is 5.73 Å². The van der Waals surface area contributed by atoms with Crippen LogP contribution in [0.4, 0.5) is 0 Å². The summed E-state index contributed by atoms with van der Waals surface area (Å²) in [5, 5.41) is 1.79. The second kappa shape index (κ2) is 4.63. The van der Waals surface area contributed by atoms with Crippen LogP contribution in [-0.4, -0.2) is 17.0 Å². The van der Waals surface area contributed by atoms with Crippen LogP contribution in [0.2, 0.25) is 0 Å². The first kappa shape index (κ1) is 9.75. The van der Waals surface area contributed by atoms with E-state index in [1.165, 1.54) is 12.8 Å². The fraction of sp³-hybridized carbons (Fsp3) is 1.00. The van der Waals surface area contributed by atoms with Gasteiger partial charge in [-0.25, -0.2) is 0 Å². The number of nitrogens with two attached hydrogens (primary N) is 1. The van der Waals surface area contributed by atoms with Gasteiger partial charge in [-0.05, 0) is 25.3 Å². The summed E-state index contributed by atoms with van der Waals surface area (Å²) in [5.74, 6) is 0.716. The highest BCUT2D eigenvalue weighted by molar-refractivity contribution is 8.80. The minimum absolute atomic E-state index is 0.716. The minimum Gasteiger partial charge on any atom is -0.330 e. The highest BCUT2D eigenvalue weighted by atomic mass is 33.1. The molecule has 0 saturated carbocycles. The summed E-state index contributed by atoms with van der Waals surface area (Å²) in [6.07, 6.45) is 2.66. The van der Waals surface area contributed by atoms with Crippen LogP contribution in [0.5, 0.6) is 0 Å². The molecule has 3 heteroatoms. The van der Waals surface area contributed by atoms with Gasteiger partial charge >= 0.3 is 0 Å². The second-order valence-electron chi connectivity index (χ2n) is 3.35. The van der Waals surface area contributed by atoms with E-state index in [9.17, 15) is 0 Å². The van der Waals surface area contributed by atoms with Crippen molar-refractivity contribution in [2.24, 2.45) is 11.7 Å². The Morgan fingerprint density at radius 2 is 2.18 bits per heavy atom. The number of hydrogen-bond donors (Lipinski definition) is 1. The molecule has 1 fully saturated rings. The van der Waals surface area contributed by atoms with Crippen LogP contribution in [0.1, 0.15) is 26.7 Å². The Labute approximate surface area is 77.3 Å². The van der Waals surface area contributed by atoms with Gasteiger partial charge in [0.05, 0.1) is 0 Å². The van der Waals surface area contributed by atoms with Crippen molar-refractivity contribution in [3.8, 4) is 0 Å². The first-order valence-corrected chi connectivity index (χ1v) is 6.54. The van der Waals surface area contributed by atoms with E-state index in [4.69, 9.17) is 5.73 Å². The van der Waals surface area contributed by atoms with Crippen LogP contribution in [0, 0.1) is 5.92 Å². The average Bonchev–Trinajstić information content (AvgIpc) is 2.01. The van der Waals surface area contributed by atoms with Crippen LogP contribution in [0.15, 0.2) is 0 Å². The maximum absolute atomic E-state index is 5.54. The zero-order chi connectivity index (χ0) is 8.27. The Bertz CT molecular complexity index is 119. The third kappa shape index (κ3) is 2.88. The molecule has 1 saturated heterocycles. The largest absolute Gasteiger partial charge is 0.330 e. The van der Waals surface area contributed by atoms with Crippen molar-refractivity contribution in [1.29, 1.82) is 0 Å². The summed E-state index contributed by atoms with van der Waals surface area (Å²) in [4.78, 5) is 0. The molecule has 1 heterocycles. The lowest BCUT2D eigenvalue weighted by molar-refractivity contribution is 0.511. The fourth-order valence-corrected chi connectivity index (χ4v) is 3.71. The van der Waals surface area contributed by atoms with E-state index in [0.717, 1.165) is 17.0 Å². The standard InChI is InChI=1S/C8H17NS2/c1-6(5-9)3-4-8-7(2)10-11-8/h6-8H,3-5,9H2,1-2H3. The van der Waals surface area contributed by atoms with Crippen molar-refractivity contribution in [2.75, 3.05) is 6.54 Å². The van der Waals surface area contributed by atoms with Crippen molar-refractivity contribution in [1.82, 2.24) is 0 Å². The zero-order valence-electron chi connectivity index (χ0n) is 7.25. The van der Waals surface area contributed by atoms with Crippen molar-refractivity contribution in [3.05, 3.63) is 0 Å². The lowest BCUT2D eigenvalue weighted by Gasteiger charge is -2.32. The maximum atomic E-state index is 5.54. The molecule has 66 valence electrons. The van der Waals surface area contributed by atoms with Gasteiger partial charge in [-0.3, -0.25) is 0 Å². The normalized spacial score (nSPS) is 33.0. The molecule has 0 aromatic carbocycles. The van der Waals surface area contributed by atoms with E-state index in [1.807, 2.05) is 21.6 Å². The highest BCUT2D eigenvalue weighted by Crippen LogP contribution is 2.49. The smallest absolute Gasteiger partial charge is 0.0276 e. The van der Waals surface area contributed by atoms with Gasteiger partial charge in [0, 0.05) is 10.5 Å². The summed E-state index contributed by atoms with van der Waals surface area (Å²) in [6, 6.07) is 0. The van der Waals surface area contributed by atoms with Crippen molar-refractivity contribution in [3.63, 3.8) is 0 Å². The van der Waals surface area contributed by atoms with Crippen molar-refractivity contribution < 1.29 is 0 Å². The Morgan fingerprint density at radius 1 is 1.45 bits per heavy atom. The lowest BCUT2D eigenvalue weighted by Crippen LogP contribution is -2.24. The maximum Gasteiger partial charge on any atom is 0.0276 e. The van der Waals surface area contributed by atoms with E-state index >= 15 is 0 Å². The molecule has 3 unspecified atom stereocenters. The van der Waals surface area contributed by atoms with Crippen LogP contribution in [-0.2, 0) is 0 Å². The fourth-order valence-electron chi connectivity index (χ4n) is 1.09. The molecule has 1 aliphatic heterocycles. The molecular formula is C8H17NS2. The molecule has 0 aromatic heterocycles. The average molecular weight is 191 g/mol. The number of rotatable bonds is 4. The Kier molecular flexibility index (Phi) is 4.10. The molecular weight excluding hydrogens is 174 g/mol. The van der Waals surface area contributed by atoms with Gasteiger partial charge in [-0.1, -0.05) is 35.4 Å². The Hall–Kier alpha value is 0.660. The van der Waals surface area contributed by atoms with Crippen LogP contribution in [0.3, 0.4) is 0 Å². The predicted molar refractivity (Wildman–Crippen MR) is 55.9 cm³/mol. The molecule has 11 heavy (non-hydrogen) atoms. The minimum atomic E-state index is 0.716. The molecule has 0 amide bonds. The summed E-state index contributed by atoms with van der Waals surface area (Å²) >= 11 is 0. The van der Waals surface area contributed by atoms with Gasteiger partial charge in [0.2, 0.25) is 0 Å². The van der Waals surface area contributed by atoms with Gasteiger partial charge in [0.25, 0.3) is 0 Å². The summed E-state index contributed by atoms with van der Waals surface area (Å²) in [7, 11) is 4.05. The van der Waals surface area contributed by atoms with E-state index in [-0.39, 0.29) is 0 Å². The van der Waals surface area contributed by atoms with Crippen LogP contribution < -0.4 is 5.73 Å². The monoisotopic (exact) mass is 191 g/mol. The number of hydrogen-bond acceptors (Lipinski definition) is 3. The highest BCUT2D eigenvalue weighted by Gasteiger charge is 2.28. The quantitative estimate of drug-likeness (QED) is 0.692. The Morgan fingerprint density at radius 3 is 2.55 bits per heavy atom. The summed E-state index contributed by atoms with van der Waals surface area (Å²) in [6.45, 7) is 5.40. The second-order valence-corrected chi connectivity index (χ2v) is 6.24. The third-order valence-corrected chi connectivity index (χ3v) is 5.99. The molecule has 2 N–H and O–H groups in total. The molecule has 0 radical (unpaired) electrons. The van der Waals surface area contributed by atoms with E-state index in [2.05, 4.69) is 13.8 Å². The summed E-state index contributed by atoms with van der Waals surface area (Å²) < 4.78 is 0. The molecule has 1 nitrogen and oxygen atoms in total. The van der Waals surface area contributed by atoms with Gasteiger partial charge in [0.1, 0.15) is 0 Å². The SMILES string of the molecule is CC(CN)CCC1SSC1C. The van der Waals surface area contributed by atoms with Gasteiger partial charge in [-0.2, -0.15) is 0 Å². The topological polar surface area (TPSA) is 26.0 Å². The first-order chi connectivity index (χ1) is 5.24. The van der Waals surface area contributed by atoms with E-state index in [1.54, 1.807) is 0 Å². The molecule has 1 aliphatic rings. The summed E-state index contributed by atoms with van der Waals surface area (Å²) in [5.41, 5.74) is 5.54. The molecule has 3 atom stereocenters.